The number of carbonyl (C=O) groups excluding carboxylic acids is 5. The Kier molecular flexibility index (Phi) is 16.3. The number of nitrogens with zero attached hydrogens (tertiary/aromatic N) is 1. The maximum atomic E-state index is 12.6. The molecule has 1 aliphatic carbocycles. The molecule has 1 aliphatic heterocycles. The Morgan fingerprint density at radius 3 is 2.00 bits per heavy atom. The number of fused-ring (bicyclic) bond motifs is 3. The number of nitrogens with one attached hydrogen (secondary N) is 2. The standard InChI is InChI=1S/C39H51N3O11/c1-26(16-19-43)50-20-17-40-35(44)8-4-6-28-10-12-30-31-13-11-29(7-5-9-36(45)41-18-21-51-27(2)24-49-3)23-33(31)34(32(30)22-28)25-52-39(48)53-42-37(46)14-15-38(42)47/h10-13,22-23,26,34,43H,2,4-9,14-21,24-25H2,1,3H3,(H,40,44)(H,41,45). The Bertz CT molecular complexity index is 1590. The van der Waals surface area contributed by atoms with Crippen molar-refractivity contribution in [1.29, 1.82) is 0 Å². The molecular weight excluding hydrogens is 686 g/mol. The molecule has 2 atom stereocenters. The average Bonchev–Trinajstić information content (AvgIpc) is 3.61. The zero-order valence-corrected chi connectivity index (χ0v) is 30.6. The van der Waals surface area contributed by atoms with Crippen molar-refractivity contribution in [2.24, 2.45) is 0 Å². The maximum Gasteiger partial charge on any atom is 0.533 e. The van der Waals surface area contributed by atoms with E-state index in [9.17, 15) is 24.0 Å². The molecule has 1 saturated heterocycles. The van der Waals surface area contributed by atoms with Crippen molar-refractivity contribution in [2.75, 3.05) is 53.2 Å². The summed E-state index contributed by atoms with van der Waals surface area (Å²) in [7, 11) is 1.55. The van der Waals surface area contributed by atoms with Crippen LogP contribution in [0.4, 0.5) is 4.79 Å². The third-order valence-corrected chi connectivity index (χ3v) is 8.95. The number of benzene rings is 2. The van der Waals surface area contributed by atoms with Crippen LogP contribution in [0.15, 0.2) is 48.7 Å². The van der Waals surface area contributed by atoms with Crippen LogP contribution < -0.4 is 10.6 Å². The molecule has 0 saturated carbocycles. The van der Waals surface area contributed by atoms with Gasteiger partial charge in [-0.25, -0.2) is 4.79 Å². The second-order valence-electron chi connectivity index (χ2n) is 13.1. The summed E-state index contributed by atoms with van der Waals surface area (Å²) in [4.78, 5) is 66.3. The van der Waals surface area contributed by atoms with Crippen molar-refractivity contribution >= 4 is 29.8 Å². The third-order valence-electron chi connectivity index (χ3n) is 8.95. The lowest BCUT2D eigenvalue weighted by Crippen LogP contribution is -2.32. The molecule has 2 aromatic rings. The fourth-order valence-electron chi connectivity index (χ4n) is 6.25. The fraction of sp³-hybridized carbons (Fsp3) is 0.513. The van der Waals surface area contributed by atoms with E-state index in [4.69, 9.17) is 28.9 Å². The number of aliphatic hydroxyl groups excluding tert-OH is 1. The smallest absolute Gasteiger partial charge is 0.494 e. The molecule has 14 heteroatoms. The molecule has 14 nitrogen and oxygen atoms in total. The highest BCUT2D eigenvalue weighted by Gasteiger charge is 2.35. The summed E-state index contributed by atoms with van der Waals surface area (Å²) in [5.74, 6) is -1.20. The van der Waals surface area contributed by atoms with Gasteiger partial charge in [0.1, 0.15) is 25.6 Å². The normalized spacial score (nSPS) is 15.1. The number of methoxy groups -OCH3 is 1. The lowest BCUT2D eigenvalue weighted by atomic mass is 9.94. The molecule has 1 heterocycles. The molecule has 288 valence electrons. The van der Waals surface area contributed by atoms with Crippen molar-refractivity contribution in [2.45, 2.75) is 76.7 Å². The summed E-state index contributed by atoms with van der Waals surface area (Å²) in [5, 5.41) is 15.1. The average molecular weight is 738 g/mol. The van der Waals surface area contributed by atoms with Crippen LogP contribution in [0.3, 0.4) is 0 Å². The highest BCUT2D eigenvalue weighted by atomic mass is 16.8. The zero-order valence-electron chi connectivity index (χ0n) is 30.6. The van der Waals surface area contributed by atoms with Gasteiger partial charge in [0, 0.05) is 51.9 Å². The Labute approximate surface area is 310 Å². The summed E-state index contributed by atoms with van der Waals surface area (Å²) in [6.45, 7) is 7.31. The number of amides is 4. The number of carbonyl (C=O) groups is 5. The van der Waals surface area contributed by atoms with Crippen LogP contribution in [-0.4, -0.2) is 99.3 Å². The Morgan fingerprint density at radius 1 is 0.887 bits per heavy atom. The van der Waals surface area contributed by atoms with E-state index in [-0.39, 0.29) is 49.9 Å². The molecule has 2 aliphatic rings. The van der Waals surface area contributed by atoms with E-state index in [1.165, 1.54) is 0 Å². The number of aryl methyl sites for hydroxylation is 2. The van der Waals surface area contributed by atoms with E-state index in [2.05, 4.69) is 29.3 Å². The number of ether oxygens (including phenoxy) is 4. The summed E-state index contributed by atoms with van der Waals surface area (Å²) in [6, 6.07) is 12.3. The third kappa shape index (κ3) is 12.7. The quantitative estimate of drug-likeness (QED) is 0.0653. The summed E-state index contributed by atoms with van der Waals surface area (Å²) in [6.07, 6.45) is 2.50. The van der Waals surface area contributed by atoms with Crippen LogP contribution in [0.1, 0.15) is 80.0 Å². The van der Waals surface area contributed by atoms with E-state index < -0.39 is 18.0 Å². The molecule has 3 N–H and O–H groups in total. The fourth-order valence-corrected chi connectivity index (χ4v) is 6.25. The van der Waals surface area contributed by atoms with Gasteiger partial charge in [-0.05, 0) is 72.4 Å². The SMILES string of the molecule is C=C(COC)OCCNC(=O)CCCc1ccc2c(c1)C(COC(=O)ON1C(=O)CCC1=O)c1cc(CCCC(=O)NCCOC(C)CCO)ccc1-2. The topological polar surface area (TPSA) is 179 Å². The van der Waals surface area contributed by atoms with E-state index in [1.807, 2.05) is 31.2 Å². The number of hydrogen-bond acceptors (Lipinski definition) is 11. The van der Waals surface area contributed by atoms with E-state index in [0.717, 1.165) is 33.4 Å². The van der Waals surface area contributed by atoms with Gasteiger partial charge in [-0.3, -0.25) is 24.0 Å². The molecule has 0 radical (unpaired) electrons. The van der Waals surface area contributed by atoms with Crippen molar-refractivity contribution in [3.05, 3.63) is 71.0 Å². The zero-order chi connectivity index (χ0) is 38.2. The predicted molar refractivity (Wildman–Crippen MR) is 193 cm³/mol. The van der Waals surface area contributed by atoms with Crippen molar-refractivity contribution in [1.82, 2.24) is 15.7 Å². The Morgan fingerprint density at radius 2 is 1.45 bits per heavy atom. The van der Waals surface area contributed by atoms with Gasteiger partial charge in [0.2, 0.25) is 11.8 Å². The maximum absolute atomic E-state index is 12.6. The Balaban J connectivity index is 1.36. The van der Waals surface area contributed by atoms with Crippen LogP contribution in [0.2, 0.25) is 0 Å². The van der Waals surface area contributed by atoms with Crippen molar-refractivity contribution in [3.63, 3.8) is 0 Å². The molecule has 2 aromatic carbocycles. The van der Waals surface area contributed by atoms with Crippen LogP contribution >= 0.6 is 0 Å². The molecule has 53 heavy (non-hydrogen) atoms. The van der Waals surface area contributed by atoms with Crippen LogP contribution in [0, 0.1) is 0 Å². The summed E-state index contributed by atoms with van der Waals surface area (Å²) < 4.78 is 21.4. The lowest BCUT2D eigenvalue weighted by molar-refractivity contribution is -0.177. The summed E-state index contributed by atoms with van der Waals surface area (Å²) >= 11 is 0. The minimum atomic E-state index is -1.14. The van der Waals surface area contributed by atoms with Gasteiger partial charge in [0.25, 0.3) is 11.8 Å². The first-order valence-electron chi connectivity index (χ1n) is 18.1. The number of hydroxylamine groups is 2. The number of aliphatic hydroxyl groups is 1. The first-order valence-corrected chi connectivity index (χ1v) is 18.1. The second kappa shape index (κ2) is 21.0. The predicted octanol–water partition coefficient (Wildman–Crippen LogP) is 3.86. The van der Waals surface area contributed by atoms with Crippen LogP contribution in [0.5, 0.6) is 0 Å². The van der Waals surface area contributed by atoms with Gasteiger partial charge in [0.05, 0.1) is 19.3 Å². The van der Waals surface area contributed by atoms with E-state index >= 15 is 0 Å². The monoisotopic (exact) mass is 737 g/mol. The van der Waals surface area contributed by atoms with Gasteiger partial charge in [-0.15, -0.1) is 0 Å². The molecular formula is C39H51N3O11. The van der Waals surface area contributed by atoms with Gasteiger partial charge >= 0.3 is 6.16 Å². The number of rotatable bonds is 23. The van der Waals surface area contributed by atoms with Crippen LogP contribution in [-0.2, 0) is 55.8 Å². The molecule has 1 fully saturated rings. The van der Waals surface area contributed by atoms with Gasteiger partial charge in [0.15, 0.2) is 0 Å². The highest BCUT2D eigenvalue weighted by Crippen LogP contribution is 2.46. The molecule has 2 unspecified atom stereocenters. The molecule has 0 bridgehead atoms. The number of imide groups is 1. The second-order valence-corrected chi connectivity index (χ2v) is 13.1. The van der Waals surface area contributed by atoms with Crippen molar-refractivity contribution in [3.8, 4) is 11.1 Å². The van der Waals surface area contributed by atoms with E-state index in [0.29, 0.717) is 88.7 Å². The minimum absolute atomic E-state index is 0.0249. The molecule has 4 rings (SSSR count). The first kappa shape index (κ1) is 41.0. The van der Waals surface area contributed by atoms with Crippen LogP contribution in [0.25, 0.3) is 11.1 Å². The minimum Gasteiger partial charge on any atom is -0.494 e. The summed E-state index contributed by atoms with van der Waals surface area (Å²) in [5.41, 5.74) is 5.91. The van der Waals surface area contributed by atoms with Crippen molar-refractivity contribution < 1.29 is 52.9 Å². The van der Waals surface area contributed by atoms with Gasteiger partial charge < -0.3 is 34.7 Å². The molecule has 0 spiro atoms. The molecule has 4 amide bonds. The van der Waals surface area contributed by atoms with Gasteiger partial charge in [-0.1, -0.05) is 48.0 Å². The first-order chi connectivity index (χ1) is 25.6. The Hall–Kier alpha value is -4.79. The van der Waals surface area contributed by atoms with E-state index in [1.54, 1.807) is 7.11 Å². The largest absolute Gasteiger partial charge is 0.533 e. The van der Waals surface area contributed by atoms with Gasteiger partial charge in [-0.2, -0.15) is 0 Å². The highest BCUT2D eigenvalue weighted by molar-refractivity contribution is 6.01. The molecule has 0 aromatic heterocycles. The number of hydrogen-bond donors (Lipinski definition) is 3. The lowest BCUT2D eigenvalue weighted by Gasteiger charge is -2.17.